The molecule has 1 aromatic heterocycles. The van der Waals surface area contributed by atoms with E-state index in [-0.39, 0.29) is 11.3 Å². The fourth-order valence-corrected chi connectivity index (χ4v) is 2.32. The minimum absolute atomic E-state index is 0.127. The van der Waals surface area contributed by atoms with Crippen molar-refractivity contribution in [3.05, 3.63) is 24.0 Å². The summed E-state index contributed by atoms with van der Waals surface area (Å²) in [6.07, 6.45) is 1.92. The van der Waals surface area contributed by atoms with Crippen LogP contribution in [0.1, 0.15) is 39.3 Å². The van der Waals surface area contributed by atoms with Crippen LogP contribution in [0.15, 0.2) is 18.3 Å². The van der Waals surface area contributed by atoms with Gasteiger partial charge >= 0.3 is 0 Å². The Morgan fingerprint density at radius 2 is 2.11 bits per heavy atom. The van der Waals surface area contributed by atoms with Gasteiger partial charge in [0.25, 0.3) is 0 Å². The molecule has 4 heteroatoms. The number of amides is 1. The van der Waals surface area contributed by atoms with Gasteiger partial charge in [-0.25, -0.2) is 0 Å². The number of rotatable bonds is 2. The third kappa shape index (κ3) is 3.06. The molecule has 2 heterocycles. The first-order chi connectivity index (χ1) is 8.90. The maximum Gasteiger partial charge on any atom is 0.227 e. The lowest BCUT2D eigenvalue weighted by Gasteiger charge is -2.29. The van der Waals surface area contributed by atoms with Crippen LogP contribution in [-0.2, 0) is 4.79 Å². The Labute approximate surface area is 115 Å². The Balaban J connectivity index is 2.19. The number of hydrogen-bond acceptors (Lipinski definition) is 3. The van der Waals surface area contributed by atoms with Crippen molar-refractivity contribution in [1.82, 2.24) is 10.3 Å². The van der Waals surface area contributed by atoms with Crippen molar-refractivity contribution in [2.24, 2.45) is 5.41 Å². The van der Waals surface area contributed by atoms with E-state index in [1.54, 1.807) is 0 Å². The van der Waals surface area contributed by atoms with Crippen LogP contribution in [0.3, 0.4) is 0 Å². The molecule has 1 aliphatic rings. The van der Waals surface area contributed by atoms with Crippen LogP contribution in [0.2, 0.25) is 0 Å². The molecular weight excluding hydrogens is 238 g/mol. The van der Waals surface area contributed by atoms with Gasteiger partial charge in [-0.05, 0) is 31.9 Å². The molecule has 4 nitrogen and oxygen atoms in total. The molecule has 1 saturated heterocycles. The van der Waals surface area contributed by atoms with Gasteiger partial charge in [-0.15, -0.1) is 0 Å². The summed E-state index contributed by atoms with van der Waals surface area (Å²) in [6.45, 7) is 10.5. The van der Waals surface area contributed by atoms with E-state index in [0.29, 0.717) is 12.5 Å². The third-order valence-electron chi connectivity index (χ3n) is 3.60. The zero-order chi connectivity index (χ0) is 14.0. The Bertz CT molecular complexity index is 451. The summed E-state index contributed by atoms with van der Waals surface area (Å²) >= 11 is 0. The fraction of sp³-hybridized carbons (Fsp3) is 0.600. The van der Waals surface area contributed by atoms with Crippen molar-refractivity contribution >= 4 is 11.6 Å². The lowest BCUT2D eigenvalue weighted by molar-refractivity contribution is -0.128. The van der Waals surface area contributed by atoms with Crippen molar-refractivity contribution < 1.29 is 4.79 Å². The highest BCUT2D eigenvalue weighted by atomic mass is 16.2. The number of nitrogens with zero attached hydrogens (tertiary/aromatic N) is 2. The summed E-state index contributed by atoms with van der Waals surface area (Å²) in [6, 6.07) is 4.18. The van der Waals surface area contributed by atoms with Crippen molar-refractivity contribution in [3.8, 4) is 0 Å². The normalized spacial score (nSPS) is 19.2. The summed E-state index contributed by atoms with van der Waals surface area (Å²) in [5, 5.41) is 2.96. The predicted molar refractivity (Wildman–Crippen MR) is 77.3 cm³/mol. The van der Waals surface area contributed by atoms with E-state index in [0.717, 1.165) is 24.5 Å². The first-order valence-corrected chi connectivity index (χ1v) is 6.89. The number of nitrogens with one attached hydrogen (secondary N) is 1. The van der Waals surface area contributed by atoms with E-state index in [2.05, 4.69) is 41.2 Å². The van der Waals surface area contributed by atoms with Crippen LogP contribution >= 0.6 is 0 Å². The first kappa shape index (κ1) is 13.8. The second-order valence-corrected chi connectivity index (χ2v) is 6.16. The van der Waals surface area contributed by atoms with E-state index in [1.165, 1.54) is 0 Å². The number of aromatic nitrogens is 1. The maximum absolute atomic E-state index is 11.9. The number of carbonyl (C=O) groups is 1. The van der Waals surface area contributed by atoms with Crippen molar-refractivity contribution in [2.75, 3.05) is 24.5 Å². The summed E-state index contributed by atoms with van der Waals surface area (Å²) in [7, 11) is 0. The standard InChI is InChI=1S/C15H23N3O/c1-11(2)13-6-5-12(9-17-13)18-8-7-16-14(19)15(3,4)10-18/h5-6,9,11H,7-8,10H2,1-4H3,(H,16,19). The van der Waals surface area contributed by atoms with Gasteiger partial charge in [0.05, 0.1) is 17.3 Å². The average molecular weight is 261 g/mol. The molecule has 0 aliphatic carbocycles. The molecule has 1 fully saturated rings. The monoisotopic (exact) mass is 261 g/mol. The van der Waals surface area contributed by atoms with Gasteiger partial charge in [0, 0.05) is 25.3 Å². The predicted octanol–water partition coefficient (Wildman–Crippen LogP) is 2.17. The largest absolute Gasteiger partial charge is 0.367 e. The fourth-order valence-electron chi connectivity index (χ4n) is 2.32. The minimum atomic E-state index is -0.368. The summed E-state index contributed by atoms with van der Waals surface area (Å²) < 4.78 is 0. The first-order valence-electron chi connectivity index (χ1n) is 6.89. The van der Waals surface area contributed by atoms with Gasteiger partial charge in [-0.3, -0.25) is 9.78 Å². The zero-order valence-corrected chi connectivity index (χ0v) is 12.2. The van der Waals surface area contributed by atoms with Gasteiger partial charge in [-0.1, -0.05) is 13.8 Å². The summed E-state index contributed by atoms with van der Waals surface area (Å²) in [5.74, 6) is 0.569. The molecule has 0 radical (unpaired) electrons. The zero-order valence-electron chi connectivity index (χ0n) is 12.2. The van der Waals surface area contributed by atoms with Gasteiger partial charge in [-0.2, -0.15) is 0 Å². The highest BCUT2D eigenvalue weighted by molar-refractivity contribution is 5.83. The Hall–Kier alpha value is -1.58. The Morgan fingerprint density at radius 1 is 1.37 bits per heavy atom. The molecule has 0 atom stereocenters. The Morgan fingerprint density at radius 3 is 2.68 bits per heavy atom. The van der Waals surface area contributed by atoms with Crippen molar-refractivity contribution in [1.29, 1.82) is 0 Å². The Kier molecular flexibility index (Phi) is 3.78. The summed E-state index contributed by atoms with van der Waals surface area (Å²) in [4.78, 5) is 18.6. The lowest BCUT2D eigenvalue weighted by atomic mass is 9.92. The highest BCUT2D eigenvalue weighted by Gasteiger charge is 2.32. The van der Waals surface area contributed by atoms with Crippen LogP contribution in [0.4, 0.5) is 5.69 Å². The number of anilines is 1. The van der Waals surface area contributed by atoms with Crippen molar-refractivity contribution in [2.45, 2.75) is 33.6 Å². The molecule has 0 aromatic carbocycles. The molecular formula is C15H23N3O. The smallest absolute Gasteiger partial charge is 0.227 e. The van der Waals surface area contributed by atoms with Crippen LogP contribution in [0.25, 0.3) is 0 Å². The molecule has 1 N–H and O–H groups in total. The average Bonchev–Trinajstić information content (AvgIpc) is 2.49. The molecule has 1 aliphatic heterocycles. The van der Waals surface area contributed by atoms with E-state index in [4.69, 9.17) is 0 Å². The molecule has 19 heavy (non-hydrogen) atoms. The van der Waals surface area contributed by atoms with Crippen molar-refractivity contribution in [3.63, 3.8) is 0 Å². The van der Waals surface area contributed by atoms with Gasteiger partial charge in [0.2, 0.25) is 5.91 Å². The maximum atomic E-state index is 11.9. The molecule has 104 valence electrons. The van der Waals surface area contributed by atoms with Gasteiger partial charge < -0.3 is 10.2 Å². The molecule has 0 saturated carbocycles. The molecule has 0 unspecified atom stereocenters. The molecule has 0 bridgehead atoms. The topological polar surface area (TPSA) is 45.2 Å². The lowest BCUT2D eigenvalue weighted by Crippen LogP contribution is -2.39. The molecule has 2 rings (SSSR count). The van der Waals surface area contributed by atoms with E-state index in [9.17, 15) is 4.79 Å². The number of hydrogen-bond donors (Lipinski definition) is 1. The second kappa shape index (κ2) is 5.19. The number of carbonyl (C=O) groups excluding carboxylic acids is 1. The second-order valence-electron chi connectivity index (χ2n) is 6.16. The van der Waals surface area contributed by atoms with Gasteiger partial charge in [0.1, 0.15) is 0 Å². The SMILES string of the molecule is CC(C)c1ccc(N2CCNC(=O)C(C)(C)C2)cn1. The van der Waals surface area contributed by atoms with E-state index >= 15 is 0 Å². The van der Waals surface area contributed by atoms with Crippen LogP contribution < -0.4 is 10.2 Å². The van der Waals surface area contributed by atoms with Gasteiger partial charge in [0.15, 0.2) is 0 Å². The van der Waals surface area contributed by atoms with Crippen LogP contribution in [-0.4, -0.2) is 30.5 Å². The quantitative estimate of drug-likeness (QED) is 0.887. The molecule has 1 amide bonds. The molecule has 1 aromatic rings. The highest BCUT2D eigenvalue weighted by Crippen LogP contribution is 2.24. The van der Waals surface area contributed by atoms with Crippen LogP contribution in [0, 0.1) is 5.41 Å². The minimum Gasteiger partial charge on any atom is -0.367 e. The van der Waals surface area contributed by atoms with E-state index < -0.39 is 0 Å². The number of pyridine rings is 1. The van der Waals surface area contributed by atoms with E-state index in [1.807, 2.05) is 20.0 Å². The third-order valence-corrected chi connectivity index (χ3v) is 3.60. The summed E-state index contributed by atoms with van der Waals surface area (Å²) in [5.41, 5.74) is 1.83. The van der Waals surface area contributed by atoms with Crippen LogP contribution in [0.5, 0.6) is 0 Å². The molecule has 0 spiro atoms.